The van der Waals surface area contributed by atoms with Crippen molar-refractivity contribution in [3.05, 3.63) is 0 Å². The van der Waals surface area contributed by atoms with Crippen LogP contribution in [0.2, 0.25) is 0 Å². The highest BCUT2D eigenvalue weighted by Crippen LogP contribution is 2.38. The molecule has 0 bridgehead atoms. The van der Waals surface area contributed by atoms with Crippen LogP contribution in [0.4, 0.5) is 4.79 Å². The summed E-state index contributed by atoms with van der Waals surface area (Å²) in [5.74, 6) is 0.681. The SMILES string of the molecule is CC(=O)[C@H]1C[C@H]1CNC(=O)OC(C)(C)C. The van der Waals surface area contributed by atoms with Crippen LogP contribution in [0.1, 0.15) is 34.1 Å². The van der Waals surface area contributed by atoms with Crippen molar-refractivity contribution in [1.82, 2.24) is 5.32 Å². The Bertz CT molecular complexity index is 267. The first-order chi connectivity index (χ1) is 6.79. The molecule has 4 heteroatoms. The van der Waals surface area contributed by atoms with Crippen molar-refractivity contribution in [2.24, 2.45) is 11.8 Å². The molecule has 2 atom stereocenters. The molecule has 0 spiro atoms. The summed E-state index contributed by atoms with van der Waals surface area (Å²) in [4.78, 5) is 22.2. The summed E-state index contributed by atoms with van der Waals surface area (Å²) in [6.45, 7) is 7.60. The maximum atomic E-state index is 11.2. The molecule has 1 N–H and O–H groups in total. The first kappa shape index (κ1) is 12.0. The van der Waals surface area contributed by atoms with E-state index < -0.39 is 11.7 Å². The smallest absolute Gasteiger partial charge is 0.407 e. The number of carbonyl (C=O) groups excluding carboxylic acids is 2. The van der Waals surface area contributed by atoms with Gasteiger partial charge in [0.25, 0.3) is 0 Å². The molecule has 15 heavy (non-hydrogen) atoms. The number of ether oxygens (including phenoxy) is 1. The van der Waals surface area contributed by atoms with Gasteiger partial charge in [-0.05, 0) is 40.0 Å². The lowest BCUT2D eigenvalue weighted by Gasteiger charge is -2.19. The second kappa shape index (κ2) is 4.21. The summed E-state index contributed by atoms with van der Waals surface area (Å²) in [6, 6.07) is 0. The molecule has 0 aromatic heterocycles. The molecule has 0 heterocycles. The molecule has 4 nitrogen and oxygen atoms in total. The Morgan fingerprint density at radius 1 is 1.40 bits per heavy atom. The minimum absolute atomic E-state index is 0.153. The van der Waals surface area contributed by atoms with E-state index in [1.807, 2.05) is 20.8 Å². The molecule has 0 aromatic carbocycles. The second-order valence-corrected chi connectivity index (χ2v) is 5.10. The zero-order valence-electron chi connectivity index (χ0n) is 9.79. The summed E-state index contributed by atoms with van der Waals surface area (Å²) >= 11 is 0. The molecule has 0 aliphatic heterocycles. The van der Waals surface area contributed by atoms with Crippen LogP contribution in [-0.2, 0) is 9.53 Å². The van der Waals surface area contributed by atoms with E-state index in [1.165, 1.54) is 0 Å². The van der Waals surface area contributed by atoms with E-state index in [4.69, 9.17) is 4.74 Å². The average molecular weight is 213 g/mol. The monoisotopic (exact) mass is 213 g/mol. The quantitative estimate of drug-likeness (QED) is 0.776. The summed E-state index contributed by atoms with van der Waals surface area (Å²) in [7, 11) is 0. The van der Waals surface area contributed by atoms with Crippen LogP contribution in [-0.4, -0.2) is 24.0 Å². The molecule has 1 rings (SSSR count). The number of rotatable bonds is 3. The van der Waals surface area contributed by atoms with Gasteiger partial charge in [0.15, 0.2) is 0 Å². The van der Waals surface area contributed by atoms with Crippen molar-refractivity contribution < 1.29 is 14.3 Å². The van der Waals surface area contributed by atoms with E-state index in [-0.39, 0.29) is 11.7 Å². The summed E-state index contributed by atoms with van der Waals surface area (Å²) in [6.07, 6.45) is 0.488. The van der Waals surface area contributed by atoms with E-state index in [2.05, 4.69) is 5.32 Å². The molecule has 1 aliphatic rings. The van der Waals surface area contributed by atoms with Crippen molar-refractivity contribution in [2.75, 3.05) is 6.54 Å². The first-order valence-electron chi connectivity index (χ1n) is 5.27. The predicted molar refractivity (Wildman–Crippen MR) is 56.5 cm³/mol. The van der Waals surface area contributed by atoms with Gasteiger partial charge in [-0.3, -0.25) is 4.79 Å². The fourth-order valence-corrected chi connectivity index (χ4v) is 1.50. The molecule has 1 amide bonds. The van der Waals surface area contributed by atoms with E-state index in [0.29, 0.717) is 12.5 Å². The molecular formula is C11H19NO3. The van der Waals surface area contributed by atoms with E-state index in [9.17, 15) is 9.59 Å². The fourth-order valence-electron chi connectivity index (χ4n) is 1.50. The third kappa shape index (κ3) is 4.32. The molecule has 1 saturated carbocycles. The average Bonchev–Trinajstić information content (AvgIpc) is 2.75. The van der Waals surface area contributed by atoms with Gasteiger partial charge in [0.2, 0.25) is 0 Å². The minimum Gasteiger partial charge on any atom is -0.444 e. The van der Waals surface area contributed by atoms with Crippen molar-refractivity contribution in [2.45, 2.75) is 39.7 Å². The standard InChI is InChI=1S/C11H19NO3/c1-7(13)9-5-8(9)6-12-10(14)15-11(2,3)4/h8-9H,5-6H2,1-4H3,(H,12,14)/t8-,9+/m0/s1. The first-order valence-corrected chi connectivity index (χ1v) is 5.27. The van der Waals surface area contributed by atoms with Gasteiger partial charge in [-0.15, -0.1) is 0 Å². The van der Waals surface area contributed by atoms with Crippen molar-refractivity contribution in [3.8, 4) is 0 Å². The van der Waals surface area contributed by atoms with E-state index in [0.717, 1.165) is 6.42 Å². The molecule has 86 valence electrons. The summed E-state index contributed by atoms with van der Waals surface area (Å²) < 4.78 is 5.08. The van der Waals surface area contributed by atoms with Gasteiger partial charge in [-0.2, -0.15) is 0 Å². The largest absolute Gasteiger partial charge is 0.444 e. The van der Waals surface area contributed by atoms with Crippen molar-refractivity contribution in [1.29, 1.82) is 0 Å². The third-order valence-electron chi connectivity index (χ3n) is 2.35. The molecular weight excluding hydrogens is 194 g/mol. The number of carbonyl (C=O) groups is 2. The topological polar surface area (TPSA) is 55.4 Å². The molecule has 1 aliphatic carbocycles. The number of hydrogen-bond donors (Lipinski definition) is 1. The van der Waals surface area contributed by atoms with Gasteiger partial charge >= 0.3 is 6.09 Å². The summed E-state index contributed by atoms with van der Waals surface area (Å²) in [5.41, 5.74) is -0.465. The highest BCUT2D eigenvalue weighted by atomic mass is 16.6. The van der Waals surface area contributed by atoms with Crippen LogP contribution in [0.3, 0.4) is 0 Å². The van der Waals surface area contributed by atoms with Crippen LogP contribution < -0.4 is 5.32 Å². The van der Waals surface area contributed by atoms with Gasteiger partial charge < -0.3 is 10.1 Å². The van der Waals surface area contributed by atoms with Gasteiger partial charge in [0.1, 0.15) is 11.4 Å². The van der Waals surface area contributed by atoms with Gasteiger partial charge in [-0.25, -0.2) is 4.79 Å². The Kier molecular flexibility index (Phi) is 3.37. The van der Waals surface area contributed by atoms with Crippen LogP contribution in [0, 0.1) is 11.8 Å². The van der Waals surface area contributed by atoms with Crippen molar-refractivity contribution >= 4 is 11.9 Å². The lowest BCUT2D eigenvalue weighted by molar-refractivity contribution is -0.118. The minimum atomic E-state index is -0.465. The normalized spacial score (nSPS) is 24.5. The Morgan fingerprint density at radius 3 is 2.40 bits per heavy atom. The number of nitrogens with one attached hydrogen (secondary N) is 1. The number of Topliss-reactive ketones (excluding diaryl/α,β-unsaturated/α-hetero) is 1. The number of amides is 1. The zero-order valence-corrected chi connectivity index (χ0v) is 9.79. The second-order valence-electron chi connectivity index (χ2n) is 5.10. The maximum Gasteiger partial charge on any atom is 0.407 e. The Morgan fingerprint density at radius 2 is 2.00 bits per heavy atom. The van der Waals surface area contributed by atoms with Crippen LogP contribution in [0.25, 0.3) is 0 Å². The number of ketones is 1. The van der Waals surface area contributed by atoms with Crippen LogP contribution >= 0.6 is 0 Å². The molecule has 0 aromatic rings. The van der Waals surface area contributed by atoms with E-state index >= 15 is 0 Å². The zero-order chi connectivity index (χ0) is 11.6. The van der Waals surface area contributed by atoms with Gasteiger partial charge in [0.05, 0.1) is 0 Å². The fraction of sp³-hybridized carbons (Fsp3) is 0.818. The Balaban J connectivity index is 2.17. The van der Waals surface area contributed by atoms with Gasteiger partial charge in [-0.1, -0.05) is 0 Å². The molecule has 0 saturated heterocycles. The van der Waals surface area contributed by atoms with Crippen LogP contribution in [0.15, 0.2) is 0 Å². The highest BCUT2D eigenvalue weighted by Gasteiger charge is 2.40. The predicted octanol–water partition coefficient (Wildman–Crippen LogP) is 1.74. The van der Waals surface area contributed by atoms with Crippen LogP contribution in [0.5, 0.6) is 0 Å². The Labute approximate surface area is 90.4 Å². The van der Waals surface area contributed by atoms with Gasteiger partial charge in [0, 0.05) is 12.5 Å². The lowest BCUT2D eigenvalue weighted by Crippen LogP contribution is -2.33. The van der Waals surface area contributed by atoms with Crippen molar-refractivity contribution in [3.63, 3.8) is 0 Å². The molecule has 1 fully saturated rings. The van der Waals surface area contributed by atoms with E-state index in [1.54, 1.807) is 6.92 Å². The number of hydrogen-bond acceptors (Lipinski definition) is 3. The Hall–Kier alpha value is -1.06. The molecule has 0 unspecified atom stereocenters. The maximum absolute atomic E-state index is 11.2. The highest BCUT2D eigenvalue weighted by molar-refractivity contribution is 5.81. The molecule has 0 radical (unpaired) electrons. The number of alkyl carbamates (subject to hydrolysis) is 1. The lowest BCUT2D eigenvalue weighted by atomic mass is 10.2. The third-order valence-corrected chi connectivity index (χ3v) is 2.35. The summed E-state index contributed by atoms with van der Waals surface area (Å²) in [5, 5.41) is 2.67.